The molecule has 1 atom stereocenters. The minimum atomic E-state index is 0.233. The Morgan fingerprint density at radius 1 is 1.14 bits per heavy atom. The Kier molecular flexibility index (Phi) is 5.56. The first-order chi connectivity index (χ1) is 10.3. The van der Waals surface area contributed by atoms with Gasteiger partial charge in [0.2, 0.25) is 0 Å². The predicted molar refractivity (Wildman–Crippen MR) is 86.1 cm³/mol. The second-order valence-corrected chi connectivity index (χ2v) is 4.95. The molecule has 0 aromatic heterocycles. The molecule has 1 heterocycles. The molecule has 0 spiro atoms. The van der Waals surface area contributed by atoms with Crippen molar-refractivity contribution >= 4 is 6.29 Å². The van der Waals surface area contributed by atoms with Gasteiger partial charge in [0.25, 0.3) is 0 Å². The van der Waals surface area contributed by atoms with Crippen molar-refractivity contribution in [2.45, 2.75) is 39.2 Å². The second kappa shape index (κ2) is 7.63. The van der Waals surface area contributed by atoms with E-state index in [1.54, 1.807) is 0 Å². The summed E-state index contributed by atoms with van der Waals surface area (Å²) in [6.07, 6.45) is 4.04. The first kappa shape index (κ1) is 15.3. The fraction of sp³-hybridized carbons (Fsp3) is 0.316. The maximum Gasteiger partial charge on any atom is 0.150 e. The number of hydrogen-bond acceptors (Lipinski definition) is 2. The Hall–Kier alpha value is -2.09. The van der Waals surface area contributed by atoms with Crippen LogP contribution in [0.4, 0.5) is 0 Å². The van der Waals surface area contributed by atoms with Crippen LogP contribution < -0.4 is 4.74 Å². The molecule has 110 valence electrons. The monoisotopic (exact) mass is 282 g/mol. The Balaban J connectivity index is 0.000000774. The maximum atomic E-state index is 10.8. The zero-order valence-electron chi connectivity index (χ0n) is 12.7. The van der Waals surface area contributed by atoms with E-state index in [-0.39, 0.29) is 6.10 Å². The summed E-state index contributed by atoms with van der Waals surface area (Å²) in [6, 6.07) is 16.1. The van der Waals surface area contributed by atoms with Crippen LogP contribution in [-0.2, 0) is 12.8 Å². The molecule has 1 unspecified atom stereocenters. The van der Waals surface area contributed by atoms with E-state index < -0.39 is 0 Å². The number of hydrogen-bond donors (Lipinski definition) is 0. The molecule has 2 heteroatoms. The number of aldehydes is 1. The Labute approximate surface area is 126 Å². The van der Waals surface area contributed by atoms with E-state index >= 15 is 0 Å². The van der Waals surface area contributed by atoms with Gasteiger partial charge in [0.1, 0.15) is 18.1 Å². The van der Waals surface area contributed by atoms with E-state index in [0.717, 1.165) is 42.4 Å². The van der Waals surface area contributed by atoms with Crippen molar-refractivity contribution in [1.82, 2.24) is 0 Å². The molecule has 2 aromatic rings. The van der Waals surface area contributed by atoms with E-state index in [0.29, 0.717) is 0 Å². The van der Waals surface area contributed by atoms with Crippen LogP contribution in [0.15, 0.2) is 48.5 Å². The predicted octanol–water partition coefficient (Wildman–Crippen LogP) is 4.46. The van der Waals surface area contributed by atoms with Gasteiger partial charge in [-0.25, -0.2) is 0 Å². The molecular weight excluding hydrogens is 260 g/mol. The first-order valence-electron chi connectivity index (χ1n) is 7.64. The number of rotatable bonds is 3. The quantitative estimate of drug-likeness (QED) is 0.777. The average Bonchev–Trinajstić information content (AvgIpc) is 2.57. The van der Waals surface area contributed by atoms with Crippen molar-refractivity contribution in [3.05, 3.63) is 65.2 Å². The molecule has 0 saturated carbocycles. The molecule has 0 aliphatic carbocycles. The molecule has 2 nitrogen and oxygen atoms in total. The molecule has 0 saturated heterocycles. The zero-order chi connectivity index (χ0) is 15.1. The van der Waals surface area contributed by atoms with Gasteiger partial charge in [-0.05, 0) is 42.2 Å². The highest BCUT2D eigenvalue weighted by atomic mass is 16.5. The van der Waals surface area contributed by atoms with Crippen LogP contribution in [0.5, 0.6) is 5.75 Å². The van der Waals surface area contributed by atoms with Gasteiger partial charge >= 0.3 is 0 Å². The highest BCUT2D eigenvalue weighted by Gasteiger charge is 2.20. The Morgan fingerprint density at radius 2 is 1.90 bits per heavy atom. The van der Waals surface area contributed by atoms with Crippen LogP contribution >= 0.6 is 0 Å². The largest absolute Gasteiger partial charge is 0.490 e. The smallest absolute Gasteiger partial charge is 0.150 e. The molecule has 2 aromatic carbocycles. The summed E-state index contributed by atoms with van der Waals surface area (Å²) >= 11 is 0. The lowest BCUT2D eigenvalue weighted by Crippen LogP contribution is -2.25. The molecule has 3 rings (SSSR count). The summed E-state index contributed by atoms with van der Waals surface area (Å²) in [5.74, 6) is 0.929. The summed E-state index contributed by atoms with van der Waals surface area (Å²) in [6.45, 7) is 4.00. The molecule has 0 radical (unpaired) electrons. The van der Waals surface area contributed by atoms with Crippen LogP contribution in [0.2, 0.25) is 0 Å². The van der Waals surface area contributed by atoms with Gasteiger partial charge in [-0.1, -0.05) is 44.2 Å². The summed E-state index contributed by atoms with van der Waals surface area (Å²) in [5, 5.41) is 0. The van der Waals surface area contributed by atoms with Crippen molar-refractivity contribution < 1.29 is 9.53 Å². The summed E-state index contributed by atoms with van der Waals surface area (Å²) < 4.78 is 6.02. The number of fused-ring (bicyclic) bond motifs is 1. The van der Waals surface area contributed by atoms with Crippen molar-refractivity contribution in [3.63, 3.8) is 0 Å². The number of ether oxygens (including phenoxy) is 1. The van der Waals surface area contributed by atoms with E-state index in [1.807, 2.05) is 38.1 Å². The molecule has 1 aliphatic heterocycles. The number of benzene rings is 2. The fourth-order valence-electron chi connectivity index (χ4n) is 2.56. The van der Waals surface area contributed by atoms with Crippen molar-refractivity contribution in [2.24, 2.45) is 0 Å². The lowest BCUT2D eigenvalue weighted by molar-refractivity contribution is 0.112. The summed E-state index contributed by atoms with van der Waals surface area (Å²) in [4.78, 5) is 10.8. The lowest BCUT2D eigenvalue weighted by atomic mass is 9.96. The highest BCUT2D eigenvalue weighted by Crippen LogP contribution is 2.29. The van der Waals surface area contributed by atoms with Crippen LogP contribution in [0.25, 0.3) is 0 Å². The average molecular weight is 282 g/mol. The molecule has 0 amide bonds. The SMILES string of the molecule is CC.O=Cc1ccc2c(c1)CCC(Cc1ccccc1)O2. The molecule has 1 aliphatic rings. The second-order valence-electron chi connectivity index (χ2n) is 4.95. The van der Waals surface area contributed by atoms with E-state index in [2.05, 4.69) is 24.3 Å². The molecule has 0 N–H and O–H groups in total. The molecule has 0 fully saturated rings. The normalized spacial score (nSPS) is 16.0. The van der Waals surface area contributed by atoms with Gasteiger partial charge in [0, 0.05) is 12.0 Å². The number of carbonyl (C=O) groups is 1. The van der Waals surface area contributed by atoms with Gasteiger partial charge < -0.3 is 4.74 Å². The topological polar surface area (TPSA) is 26.3 Å². The van der Waals surface area contributed by atoms with Crippen molar-refractivity contribution in [2.75, 3.05) is 0 Å². The van der Waals surface area contributed by atoms with Crippen LogP contribution in [-0.4, -0.2) is 12.4 Å². The minimum absolute atomic E-state index is 0.233. The Bertz CT molecular complexity index is 575. The van der Waals surface area contributed by atoms with Gasteiger partial charge in [0.15, 0.2) is 0 Å². The van der Waals surface area contributed by atoms with Crippen LogP contribution in [0.1, 0.15) is 41.8 Å². The standard InChI is InChI=1S/C17H16O2.C2H6/c18-12-14-6-9-17-15(10-14)7-8-16(19-17)11-13-4-2-1-3-5-13;1-2/h1-6,9-10,12,16H,7-8,11H2;1-2H3. The van der Waals surface area contributed by atoms with E-state index in [9.17, 15) is 4.79 Å². The minimum Gasteiger partial charge on any atom is -0.490 e. The van der Waals surface area contributed by atoms with E-state index in [4.69, 9.17) is 4.74 Å². The third-order valence-electron chi connectivity index (χ3n) is 3.56. The number of carbonyl (C=O) groups excluding carboxylic acids is 1. The molecular formula is C19H22O2. The maximum absolute atomic E-state index is 10.8. The van der Waals surface area contributed by atoms with Gasteiger partial charge in [-0.2, -0.15) is 0 Å². The van der Waals surface area contributed by atoms with Gasteiger partial charge in [-0.15, -0.1) is 0 Å². The van der Waals surface area contributed by atoms with Crippen LogP contribution in [0, 0.1) is 0 Å². The third kappa shape index (κ3) is 3.94. The zero-order valence-corrected chi connectivity index (χ0v) is 12.7. The first-order valence-corrected chi connectivity index (χ1v) is 7.64. The third-order valence-corrected chi connectivity index (χ3v) is 3.56. The van der Waals surface area contributed by atoms with Crippen molar-refractivity contribution in [1.29, 1.82) is 0 Å². The van der Waals surface area contributed by atoms with Gasteiger partial charge in [-0.3, -0.25) is 4.79 Å². The lowest BCUT2D eigenvalue weighted by Gasteiger charge is -2.26. The highest BCUT2D eigenvalue weighted by molar-refractivity contribution is 5.75. The van der Waals surface area contributed by atoms with Crippen molar-refractivity contribution in [3.8, 4) is 5.75 Å². The Morgan fingerprint density at radius 3 is 2.62 bits per heavy atom. The molecule has 21 heavy (non-hydrogen) atoms. The van der Waals surface area contributed by atoms with E-state index in [1.165, 1.54) is 5.56 Å². The van der Waals surface area contributed by atoms with Gasteiger partial charge in [0.05, 0.1) is 0 Å². The summed E-state index contributed by atoms with van der Waals surface area (Å²) in [5.41, 5.74) is 3.18. The fourth-order valence-corrected chi connectivity index (χ4v) is 2.56. The van der Waals surface area contributed by atoms with Crippen LogP contribution in [0.3, 0.4) is 0 Å². The number of aryl methyl sites for hydroxylation is 1. The molecule has 0 bridgehead atoms. The summed E-state index contributed by atoms with van der Waals surface area (Å²) in [7, 11) is 0.